The number of carbonyl (C=O) groups is 3. The smallest absolute Gasteiger partial charge is 0.462 e. The fourth-order valence-electron chi connectivity index (χ4n) is 4.82. The van der Waals surface area contributed by atoms with E-state index in [2.05, 4.69) is 36.6 Å². The normalized spacial score (nSPS) is 12.8. The van der Waals surface area contributed by atoms with Gasteiger partial charge in [-0.3, -0.25) is 18.9 Å². The summed E-state index contributed by atoms with van der Waals surface area (Å²) >= 11 is 0. The first-order valence-corrected chi connectivity index (χ1v) is 19.8. The topological polar surface area (TPSA) is 136 Å². The van der Waals surface area contributed by atoms with E-state index >= 15 is 0 Å². The molecule has 0 aliphatic carbocycles. The minimum atomic E-state index is -4.78. The first-order valence-electron chi connectivity index (χ1n) is 18.2. The standard InChI is InChI=1S/C37H65O9P/c1-3-5-7-9-11-12-13-14-15-16-18-22-27-31-37(40)46-35(33-45-47(41,42)43)32-44-36(39)30-26-23-19-21-25-29-34(38)28-24-20-17-10-8-6-4-2/h12-13,17,20,24,28,35H,3-11,14-16,18-19,21-23,25-27,29-33H2,1-2H3,(H2,41,42,43)/b13-12-,20-17-,28-24+/t35-/m1/s1. The number of hydrogen-bond acceptors (Lipinski definition) is 7. The minimum absolute atomic E-state index is 0.118. The molecule has 47 heavy (non-hydrogen) atoms. The quantitative estimate of drug-likeness (QED) is 0.0173. The Balaban J connectivity index is 4.09. The summed E-state index contributed by atoms with van der Waals surface area (Å²) in [7, 11) is -4.78. The lowest BCUT2D eigenvalue weighted by molar-refractivity contribution is -0.161. The van der Waals surface area contributed by atoms with Gasteiger partial charge in [0.25, 0.3) is 0 Å². The van der Waals surface area contributed by atoms with E-state index < -0.39 is 32.5 Å². The molecule has 0 spiro atoms. The lowest BCUT2D eigenvalue weighted by Crippen LogP contribution is -2.29. The number of hydrogen-bond donors (Lipinski definition) is 2. The molecule has 2 N–H and O–H groups in total. The maximum Gasteiger partial charge on any atom is 0.469 e. The Kier molecular flexibility index (Phi) is 31.1. The van der Waals surface area contributed by atoms with Crippen molar-refractivity contribution in [2.45, 2.75) is 168 Å². The molecule has 0 fully saturated rings. The van der Waals surface area contributed by atoms with Crippen molar-refractivity contribution in [1.82, 2.24) is 0 Å². The van der Waals surface area contributed by atoms with E-state index in [0.717, 1.165) is 70.6 Å². The number of carbonyl (C=O) groups excluding carboxylic acids is 3. The van der Waals surface area contributed by atoms with Gasteiger partial charge in [0.05, 0.1) is 6.61 Å². The lowest BCUT2D eigenvalue weighted by atomic mass is 10.1. The average Bonchev–Trinajstić information content (AvgIpc) is 3.03. The molecule has 0 saturated heterocycles. The van der Waals surface area contributed by atoms with Crippen LogP contribution in [0.3, 0.4) is 0 Å². The van der Waals surface area contributed by atoms with Gasteiger partial charge in [-0.05, 0) is 63.9 Å². The molecule has 272 valence electrons. The van der Waals surface area contributed by atoms with Crippen LogP contribution in [0.1, 0.15) is 162 Å². The number of rotatable bonds is 33. The molecule has 0 bridgehead atoms. The molecule has 0 aromatic carbocycles. The monoisotopic (exact) mass is 684 g/mol. The SMILES string of the molecule is CCCCC/C=C\C=C\C(=O)CCCCCCCC(=O)OC[C@H](COP(=O)(O)O)OC(=O)CCCCCCC/C=C\CCCCCC. The largest absolute Gasteiger partial charge is 0.469 e. The molecule has 10 heteroatoms. The van der Waals surface area contributed by atoms with E-state index in [1.807, 2.05) is 12.2 Å². The van der Waals surface area contributed by atoms with Crippen molar-refractivity contribution in [3.05, 3.63) is 36.5 Å². The Hall–Kier alpha value is -2.06. The Morgan fingerprint density at radius 1 is 0.596 bits per heavy atom. The van der Waals surface area contributed by atoms with Crippen LogP contribution in [-0.4, -0.2) is 46.8 Å². The first-order chi connectivity index (χ1) is 22.7. The van der Waals surface area contributed by atoms with Crippen molar-refractivity contribution < 1.29 is 42.7 Å². The fraction of sp³-hybridized carbons (Fsp3) is 0.757. The Labute approximate surface area is 285 Å². The van der Waals surface area contributed by atoms with Gasteiger partial charge in [0, 0.05) is 19.3 Å². The number of unbranched alkanes of at least 4 members (excludes halogenated alkanes) is 16. The summed E-state index contributed by atoms with van der Waals surface area (Å²) in [4.78, 5) is 54.5. The van der Waals surface area contributed by atoms with Crippen molar-refractivity contribution in [3.8, 4) is 0 Å². The van der Waals surface area contributed by atoms with Gasteiger partial charge >= 0.3 is 19.8 Å². The summed E-state index contributed by atoms with van der Waals surface area (Å²) in [5, 5.41) is 0. The van der Waals surface area contributed by atoms with Crippen LogP contribution in [0, 0.1) is 0 Å². The summed E-state index contributed by atoms with van der Waals surface area (Å²) in [6, 6.07) is 0. The molecular formula is C37H65O9P. The van der Waals surface area contributed by atoms with Crippen LogP contribution in [0.2, 0.25) is 0 Å². The summed E-state index contributed by atoms with van der Waals surface area (Å²) in [6.45, 7) is 3.49. The molecular weight excluding hydrogens is 619 g/mol. The molecule has 0 rings (SSSR count). The molecule has 0 aromatic rings. The van der Waals surface area contributed by atoms with Crippen molar-refractivity contribution in [2.75, 3.05) is 13.2 Å². The van der Waals surface area contributed by atoms with Gasteiger partial charge in [-0.2, -0.15) is 0 Å². The molecule has 0 aliphatic heterocycles. The molecule has 0 unspecified atom stereocenters. The van der Waals surface area contributed by atoms with Crippen molar-refractivity contribution in [1.29, 1.82) is 0 Å². The van der Waals surface area contributed by atoms with E-state index in [1.54, 1.807) is 6.08 Å². The Morgan fingerprint density at radius 3 is 1.70 bits per heavy atom. The van der Waals surface area contributed by atoms with Crippen LogP contribution in [0.15, 0.2) is 36.5 Å². The second-order valence-corrected chi connectivity index (χ2v) is 13.5. The van der Waals surface area contributed by atoms with Crippen molar-refractivity contribution >= 4 is 25.5 Å². The van der Waals surface area contributed by atoms with E-state index in [-0.39, 0.29) is 25.2 Å². The zero-order valence-corrected chi connectivity index (χ0v) is 30.3. The van der Waals surface area contributed by atoms with Gasteiger partial charge < -0.3 is 19.3 Å². The predicted molar refractivity (Wildman–Crippen MR) is 189 cm³/mol. The van der Waals surface area contributed by atoms with Gasteiger partial charge in [-0.1, -0.05) is 115 Å². The van der Waals surface area contributed by atoms with E-state index in [0.29, 0.717) is 19.3 Å². The highest BCUT2D eigenvalue weighted by Gasteiger charge is 2.22. The van der Waals surface area contributed by atoms with Gasteiger partial charge in [0.1, 0.15) is 6.61 Å². The van der Waals surface area contributed by atoms with E-state index in [4.69, 9.17) is 19.3 Å². The highest BCUT2D eigenvalue weighted by molar-refractivity contribution is 7.46. The van der Waals surface area contributed by atoms with Gasteiger partial charge in [-0.15, -0.1) is 0 Å². The maximum absolute atomic E-state index is 12.3. The molecule has 0 aromatic heterocycles. The molecule has 9 nitrogen and oxygen atoms in total. The van der Waals surface area contributed by atoms with Crippen LogP contribution >= 0.6 is 7.82 Å². The van der Waals surface area contributed by atoms with Crippen molar-refractivity contribution in [2.24, 2.45) is 0 Å². The third-order valence-electron chi connectivity index (χ3n) is 7.61. The number of ether oxygens (including phenoxy) is 2. The number of ketones is 1. The molecule has 0 aliphatic rings. The molecule has 0 radical (unpaired) electrons. The zero-order valence-electron chi connectivity index (χ0n) is 29.4. The number of phosphoric acid groups is 1. The van der Waals surface area contributed by atoms with Crippen LogP contribution < -0.4 is 0 Å². The summed E-state index contributed by atoms with van der Waals surface area (Å²) < 4.78 is 26.2. The lowest BCUT2D eigenvalue weighted by Gasteiger charge is -2.18. The van der Waals surface area contributed by atoms with Gasteiger partial charge in [0.2, 0.25) is 0 Å². The number of phosphoric ester groups is 1. The summed E-state index contributed by atoms with van der Waals surface area (Å²) in [6.07, 6.45) is 32.6. The maximum atomic E-state index is 12.3. The summed E-state index contributed by atoms with van der Waals surface area (Å²) in [5.41, 5.74) is 0. The Morgan fingerprint density at radius 2 is 1.09 bits per heavy atom. The van der Waals surface area contributed by atoms with Crippen molar-refractivity contribution in [3.63, 3.8) is 0 Å². The van der Waals surface area contributed by atoms with E-state index in [1.165, 1.54) is 44.9 Å². The van der Waals surface area contributed by atoms with Crippen LogP contribution in [0.5, 0.6) is 0 Å². The zero-order chi connectivity index (χ0) is 34.9. The van der Waals surface area contributed by atoms with E-state index in [9.17, 15) is 18.9 Å². The number of allylic oxidation sites excluding steroid dienone is 6. The van der Waals surface area contributed by atoms with Crippen LogP contribution in [-0.2, 0) is 32.9 Å². The molecule has 0 heterocycles. The second-order valence-electron chi connectivity index (χ2n) is 12.2. The number of esters is 2. The summed E-state index contributed by atoms with van der Waals surface area (Å²) in [5.74, 6) is -0.872. The highest BCUT2D eigenvalue weighted by atomic mass is 31.2. The second kappa shape index (κ2) is 32.5. The van der Waals surface area contributed by atoms with Crippen LogP contribution in [0.25, 0.3) is 0 Å². The van der Waals surface area contributed by atoms with Gasteiger partial charge in [0.15, 0.2) is 11.9 Å². The highest BCUT2D eigenvalue weighted by Crippen LogP contribution is 2.36. The first kappa shape index (κ1) is 44.9. The predicted octanol–water partition coefficient (Wildman–Crippen LogP) is 9.80. The molecule has 0 amide bonds. The third-order valence-corrected chi connectivity index (χ3v) is 8.09. The fourth-order valence-corrected chi connectivity index (χ4v) is 5.18. The third kappa shape index (κ3) is 35.1. The molecule has 1 atom stereocenters. The minimum Gasteiger partial charge on any atom is -0.462 e. The molecule has 0 saturated carbocycles. The Bertz CT molecular complexity index is 923. The average molecular weight is 685 g/mol. The van der Waals surface area contributed by atoms with Gasteiger partial charge in [-0.25, -0.2) is 4.57 Å². The van der Waals surface area contributed by atoms with Crippen LogP contribution in [0.4, 0.5) is 0 Å².